The second-order valence-electron chi connectivity index (χ2n) is 6.06. The van der Waals surface area contributed by atoms with Crippen molar-refractivity contribution in [3.05, 3.63) is 63.7 Å². The largest absolute Gasteiger partial charge is 0.462 e. The van der Waals surface area contributed by atoms with E-state index in [0.29, 0.717) is 11.3 Å². The van der Waals surface area contributed by atoms with E-state index in [-0.39, 0.29) is 23.1 Å². The SMILES string of the molecule is CCOC(=O)c1ccc(NC(=O)c2ccc3c(c2)CCCC3)cc1Cl. The average Bonchev–Trinajstić information content (AvgIpc) is 2.61. The van der Waals surface area contributed by atoms with Crippen LogP contribution in [-0.4, -0.2) is 18.5 Å². The van der Waals surface area contributed by atoms with Crippen LogP contribution in [0.25, 0.3) is 0 Å². The molecule has 0 aromatic heterocycles. The number of rotatable bonds is 4. The molecule has 0 radical (unpaired) electrons. The van der Waals surface area contributed by atoms with Crippen LogP contribution in [0, 0.1) is 0 Å². The Kier molecular flexibility index (Phi) is 5.39. The third-order valence-corrected chi connectivity index (χ3v) is 4.65. The van der Waals surface area contributed by atoms with E-state index in [4.69, 9.17) is 16.3 Å². The third-order valence-electron chi connectivity index (χ3n) is 4.33. The van der Waals surface area contributed by atoms with E-state index in [1.54, 1.807) is 25.1 Å². The van der Waals surface area contributed by atoms with Gasteiger partial charge in [-0.15, -0.1) is 0 Å². The van der Waals surface area contributed by atoms with Crippen LogP contribution in [0.2, 0.25) is 5.02 Å². The lowest BCUT2D eigenvalue weighted by atomic mass is 9.90. The third kappa shape index (κ3) is 4.02. The number of carbonyl (C=O) groups excluding carboxylic acids is 2. The molecule has 5 heteroatoms. The van der Waals surface area contributed by atoms with Gasteiger partial charge in [-0.2, -0.15) is 0 Å². The zero-order valence-electron chi connectivity index (χ0n) is 14.1. The predicted molar refractivity (Wildman–Crippen MR) is 98.4 cm³/mol. The van der Waals surface area contributed by atoms with Crippen LogP contribution >= 0.6 is 11.6 Å². The first-order valence-corrected chi connectivity index (χ1v) is 8.86. The summed E-state index contributed by atoms with van der Waals surface area (Å²) in [5, 5.41) is 3.08. The molecule has 2 aromatic carbocycles. The first-order valence-electron chi connectivity index (χ1n) is 8.48. The normalized spacial score (nSPS) is 13.0. The van der Waals surface area contributed by atoms with Gasteiger partial charge in [0.05, 0.1) is 17.2 Å². The van der Waals surface area contributed by atoms with Gasteiger partial charge >= 0.3 is 5.97 Å². The number of amides is 1. The van der Waals surface area contributed by atoms with Gasteiger partial charge in [0.15, 0.2) is 0 Å². The number of fused-ring (bicyclic) bond motifs is 1. The van der Waals surface area contributed by atoms with Crippen LogP contribution in [-0.2, 0) is 17.6 Å². The van der Waals surface area contributed by atoms with Crippen molar-refractivity contribution in [1.82, 2.24) is 0 Å². The maximum Gasteiger partial charge on any atom is 0.339 e. The Labute approximate surface area is 152 Å². The van der Waals surface area contributed by atoms with Crippen molar-refractivity contribution in [3.63, 3.8) is 0 Å². The zero-order chi connectivity index (χ0) is 17.8. The van der Waals surface area contributed by atoms with Gasteiger partial charge in [0.2, 0.25) is 0 Å². The summed E-state index contributed by atoms with van der Waals surface area (Å²) in [5.41, 5.74) is 4.06. The lowest BCUT2D eigenvalue weighted by molar-refractivity contribution is 0.0526. The molecule has 130 valence electrons. The predicted octanol–water partition coefficient (Wildman–Crippen LogP) is 4.65. The quantitative estimate of drug-likeness (QED) is 0.810. The molecular formula is C20H20ClNO3. The number of hydrogen-bond acceptors (Lipinski definition) is 3. The molecule has 0 fully saturated rings. The number of benzene rings is 2. The number of aryl methyl sites for hydroxylation is 2. The molecule has 4 nitrogen and oxygen atoms in total. The van der Waals surface area contributed by atoms with E-state index >= 15 is 0 Å². The summed E-state index contributed by atoms with van der Waals surface area (Å²) in [6.45, 7) is 2.02. The fourth-order valence-electron chi connectivity index (χ4n) is 3.05. The van der Waals surface area contributed by atoms with E-state index in [2.05, 4.69) is 5.32 Å². The Hall–Kier alpha value is -2.33. The minimum Gasteiger partial charge on any atom is -0.462 e. The Balaban J connectivity index is 1.75. The summed E-state index contributed by atoms with van der Waals surface area (Å²) in [6, 6.07) is 10.6. The molecule has 1 aliphatic carbocycles. The highest BCUT2D eigenvalue weighted by Crippen LogP contribution is 2.24. The van der Waals surface area contributed by atoms with E-state index in [0.717, 1.165) is 12.8 Å². The second-order valence-corrected chi connectivity index (χ2v) is 6.47. The van der Waals surface area contributed by atoms with Crippen molar-refractivity contribution in [2.24, 2.45) is 0 Å². The van der Waals surface area contributed by atoms with Crippen molar-refractivity contribution in [3.8, 4) is 0 Å². The summed E-state index contributed by atoms with van der Waals surface area (Å²) in [5.74, 6) is -0.659. The van der Waals surface area contributed by atoms with Gasteiger partial charge in [0, 0.05) is 11.3 Å². The van der Waals surface area contributed by atoms with Crippen molar-refractivity contribution < 1.29 is 14.3 Å². The Morgan fingerprint density at radius 2 is 1.84 bits per heavy atom. The molecular weight excluding hydrogens is 338 g/mol. The summed E-state index contributed by atoms with van der Waals surface area (Å²) in [4.78, 5) is 24.2. The van der Waals surface area contributed by atoms with Crippen LogP contribution in [0.1, 0.15) is 51.6 Å². The van der Waals surface area contributed by atoms with Crippen molar-refractivity contribution >= 4 is 29.2 Å². The standard InChI is InChI=1S/C20H20ClNO3/c1-2-25-20(24)17-10-9-16(12-18(17)21)22-19(23)15-8-7-13-5-3-4-6-14(13)11-15/h7-12H,2-6H2,1H3,(H,22,23). The topological polar surface area (TPSA) is 55.4 Å². The molecule has 1 N–H and O–H groups in total. The second kappa shape index (κ2) is 7.70. The monoisotopic (exact) mass is 357 g/mol. The maximum atomic E-state index is 12.5. The number of esters is 1. The van der Waals surface area contributed by atoms with Gasteiger partial charge in [-0.1, -0.05) is 17.7 Å². The van der Waals surface area contributed by atoms with Gasteiger partial charge < -0.3 is 10.1 Å². The fourth-order valence-corrected chi connectivity index (χ4v) is 3.30. The summed E-state index contributed by atoms with van der Waals surface area (Å²) in [7, 11) is 0. The zero-order valence-corrected chi connectivity index (χ0v) is 14.9. The minimum absolute atomic E-state index is 0.187. The molecule has 0 unspecified atom stereocenters. The number of halogens is 1. The molecule has 2 aromatic rings. The number of carbonyl (C=O) groups is 2. The van der Waals surface area contributed by atoms with Crippen LogP contribution < -0.4 is 5.32 Å². The summed E-state index contributed by atoms with van der Waals surface area (Å²) >= 11 is 6.13. The molecule has 0 heterocycles. The van der Waals surface area contributed by atoms with Crippen molar-refractivity contribution in [2.75, 3.05) is 11.9 Å². The van der Waals surface area contributed by atoms with E-state index in [9.17, 15) is 9.59 Å². The van der Waals surface area contributed by atoms with Crippen LogP contribution in [0.5, 0.6) is 0 Å². The highest BCUT2D eigenvalue weighted by atomic mass is 35.5. The lowest BCUT2D eigenvalue weighted by Crippen LogP contribution is -2.14. The lowest BCUT2D eigenvalue weighted by Gasteiger charge is -2.16. The molecule has 0 atom stereocenters. The van der Waals surface area contributed by atoms with Crippen LogP contribution in [0.15, 0.2) is 36.4 Å². The number of ether oxygens (including phenoxy) is 1. The molecule has 0 spiro atoms. The molecule has 3 rings (SSSR count). The minimum atomic E-state index is -0.472. The Bertz CT molecular complexity index is 817. The summed E-state index contributed by atoms with van der Waals surface area (Å²) in [6.07, 6.45) is 4.49. The molecule has 0 aliphatic heterocycles. The van der Waals surface area contributed by atoms with E-state index < -0.39 is 5.97 Å². The smallest absolute Gasteiger partial charge is 0.339 e. The molecule has 1 aliphatic rings. The van der Waals surface area contributed by atoms with Crippen molar-refractivity contribution in [2.45, 2.75) is 32.6 Å². The van der Waals surface area contributed by atoms with E-state index in [1.165, 1.54) is 24.0 Å². The van der Waals surface area contributed by atoms with Crippen molar-refractivity contribution in [1.29, 1.82) is 0 Å². The molecule has 0 saturated carbocycles. The molecule has 25 heavy (non-hydrogen) atoms. The van der Waals surface area contributed by atoms with Gasteiger partial charge in [0.1, 0.15) is 0 Å². The van der Waals surface area contributed by atoms with Gasteiger partial charge in [-0.3, -0.25) is 4.79 Å². The van der Waals surface area contributed by atoms with Gasteiger partial charge in [-0.05, 0) is 74.1 Å². The molecule has 1 amide bonds. The van der Waals surface area contributed by atoms with Crippen LogP contribution in [0.4, 0.5) is 5.69 Å². The molecule has 0 bridgehead atoms. The highest BCUT2D eigenvalue weighted by Gasteiger charge is 2.15. The van der Waals surface area contributed by atoms with Crippen LogP contribution in [0.3, 0.4) is 0 Å². The van der Waals surface area contributed by atoms with E-state index in [1.807, 2.05) is 18.2 Å². The first kappa shape index (κ1) is 17.5. The average molecular weight is 358 g/mol. The highest BCUT2D eigenvalue weighted by molar-refractivity contribution is 6.34. The maximum absolute atomic E-state index is 12.5. The number of nitrogens with one attached hydrogen (secondary N) is 1. The Morgan fingerprint density at radius 3 is 2.56 bits per heavy atom. The molecule has 0 saturated heterocycles. The van der Waals surface area contributed by atoms with Gasteiger partial charge in [-0.25, -0.2) is 4.79 Å². The first-order chi connectivity index (χ1) is 12.1. The fraction of sp³-hybridized carbons (Fsp3) is 0.300. The van der Waals surface area contributed by atoms with Gasteiger partial charge in [0.25, 0.3) is 5.91 Å². The number of hydrogen-bond donors (Lipinski definition) is 1. The Morgan fingerprint density at radius 1 is 1.08 bits per heavy atom. The summed E-state index contributed by atoms with van der Waals surface area (Å²) < 4.78 is 4.94. The number of anilines is 1.